The van der Waals surface area contributed by atoms with E-state index >= 15 is 0 Å². The molecule has 0 bridgehead atoms. The highest BCUT2D eigenvalue weighted by atomic mass is 35.5. The summed E-state index contributed by atoms with van der Waals surface area (Å²) in [6, 6.07) is 12.5. The fraction of sp³-hybridized carbons (Fsp3) is 0.400. The van der Waals surface area contributed by atoms with E-state index in [1.54, 1.807) is 19.2 Å². The molecule has 0 heterocycles. The van der Waals surface area contributed by atoms with E-state index in [4.69, 9.17) is 21.1 Å². The van der Waals surface area contributed by atoms with Crippen LogP contribution in [0.2, 0.25) is 5.02 Å². The van der Waals surface area contributed by atoms with Crippen molar-refractivity contribution in [3.8, 4) is 11.5 Å². The van der Waals surface area contributed by atoms with Gasteiger partial charge in [-0.3, -0.25) is 0 Å². The maximum Gasteiger partial charge on any atom is 0.244 e. The van der Waals surface area contributed by atoms with Crippen molar-refractivity contribution in [3.05, 3.63) is 53.1 Å². The zero-order valence-electron chi connectivity index (χ0n) is 15.5. The smallest absolute Gasteiger partial charge is 0.244 e. The van der Waals surface area contributed by atoms with E-state index in [1.807, 2.05) is 24.3 Å². The Morgan fingerprint density at radius 2 is 1.70 bits per heavy atom. The topological polar surface area (TPSA) is 64.6 Å². The Labute approximate surface area is 165 Å². The molecule has 1 fully saturated rings. The number of halogens is 1. The molecule has 2 aromatic carbocycles. The predicted octanol–water partition coefficient (Wildman–Crippen LogP) is 4.15. The number of hydrogen-bond acceptors (Lipinski definition) is 4. The monoisotopic (exact) mass is 409 g/mol. The molecule has 0 amide bonds. The van der Waals surface area contributed by atoms with Crippen molar-refractivity contribution in [2.45, 2.75) is 36.0 Å². The van der Waals surface area contributed by atoms with E-state index in [2.05, 4.69) is 4.72 Å². The van der Waals surface area contributed by atoms with Crippen LogP contribution in [0.1, 0.15) is 31.2 Å². The van der Waals surface area contributed by atoms with Gasteiger partial charge in [-0.25, -0.2) is 13.1 Å². The molecule has 0 saturated heterocycles. The standard InChI is InChI=1S/C20H24ClNO4S/c1-25-17-8-5-15(6-9-17)20(11-3-4-12-20)14-22-27(23,24)19-13-16(21)7-10-18(19)26-2/h5-10,13,22H,3-4,11-12,14H2,1-2H3. The van der Waals surface area contributed by atoms with E-state index in [1.165, 1.54) is 13.2 Å². The van der Waals surface area contributed by atoms with Crippen LogP contribution in [0.25, 0.3) is 0 Å². The van der Waals surface area contributed by atoms with E-state index in [0.717, 1.165) is 37.0 Å². The predicted molar refractivity (Wildman–Crippen MR) is 106 cm³/mol. The Hall–Kier alpha value is -1.76. The van der Waals surface area contributed by atoms with Crippen molar-refractivity contribution in [3.63, 3.8) is 0 Å². The first-order chi connectivity index (χ1) is 12.9. The van der Waals surface area contributed by atoms with Crippen molar-refractivity contribution in [2.24, 2.45) is 0 Å². The van der Waals surface area contributed by atoms with Crippen LogP contribution in [0.3, 0.4) is 0 Å². The second-order valence-electron chi connectivity index (χ2n) is 6.84. The van der Waals surface area contributed by atoms with Crippen molar-refractivity contribution < 1.29 is 17.9 Å². The summed E-state index contributed by atoms with van der Waals surface area (Å²) in [6.45, 7) is 0.331. The second-order valence-corrected chi connectivity index (χ2v) is 9.01. The average molecular weight is 410 g/mol. The van der Waals surface area contributed by atoms with Gasteiger partial charge in [0.2, 0.25) is 10.0 Å². The van der Waals surface area contributed by atoms with Crippen molar-refractivity contribution in [2.75, 3.05) is 20.8 Å². The number of sulfonamides is 1. The molecular formula is C20H24ClNO4S. The lowest BCUT2D eigenvalue weighted by Crippen LogP contribution is -2.39. The van der Waals surface area contributed by atoms with Gasteiger partial charge in [-0.2, -0.15) is 0 Å². The van der Waals surface area contributed by atoms with Gasteiger partial charge in [0.1, 0.15) is 16.4 Å². The number of ether oxygens (including phenoxy) is 2. The average Bonchev–Trinajstić information content (AvgIpc) is 3.17. The van der Waals surface area contributed by atoms with E-state index in [0.29, 0.717) is 11.6 Å². The molecule has 0 aliphatic heterocycles. The largest absolute Gasteiger partial charge is 0.497 e. The van der Waals surface area contributed by atoms with Gasteiger partial charge in [-0.1, -0.05) is 36.6 Å². The molecule has 1 aliphatic carbocycles. The molecule has 27 heavy (non-hydrogen) atoms. The van der Waals surface area contributed by atoms with Gasteiger partial charge in [0.05, 0.1) is 14.2 Å². The van der Waals surface area contributed by atoms with Crippen LogP contribution < -0.4 is 14.2 Å². The summed E-state index contributed by atoms with van der Waals surface area (Å²) in [4.78, 5) is 0.0559. The molecule has 146 valence electrons. The molecule has 0 unspecified atom stereocenters. The van der Waals surface area contributed by atoms with Crippen LogP contribution in [0.4, 0.5) is 0 Å². The van der Waals surface area contributed by atoms with Crippen molar-refractivity contribution in [1.29, 1.82) is 0 Å². The molecule has 1 saturated carbocycles. The third-order valence-corrected chi connectivity index (χ3v) is 6.94. The van der Waals surface area contributed by atoms with Gasteiger partial charge in [-0.15, -0.1) is 0 Å². The Balaban J connectivity index is 1.86. The highest BCUT2D eigenvalue weighted by molar-refractivity contribution is 7.89. The Morgan fingerprint density at radius 1 is 1.04 bits per heavy atom. The fourth-order valence-electron chi connectivity index (χ4n) is 3.74. The van der Waals surface area contributed by atoms with Crippen LogP contribution >= 0.6 is 11.6 Å². The molecule has 0 radical (unpaired) electrons. The lowest BCUT2D eigenvalue weighted by molar-refractivity contribution is 0.400. The first-order valence-corrected chi connectivity index (χ1v) is 10.7. The highest BCUT2D eigenvalue weighted by Gasteiger charge is 2.37. The molecule has 0 spiro atoms. The maximum atomic E-state index is 12.9. The van der Waals surface area contributed by atoms with Crippen molar-refractivity contribution in [1.82, 2.24) is 4.72 Å². The minimum atomic E-state index is -3.76. The maximum absolute atomic E-state index is 12.9. The Morgan fingerprint density at radius 3 is 2.30 bits per heavy atom. The summed E-state index contributed by atoms with van der Waals surface area (Å²) in [5.74, 6) is 1.06. The quantitative estimate of drug-likeness (QED) is 0.746. The van der Waals surface area contributed by atoms with Gasteiger partial charge in [-0.05, 0) is 48.7 Å². The molecule has 1 N–H and O–H groups in total. The van der Waals surface area contributed by atoms with Gasteiger partial charge in [0, 0.05) is 17.0 Å². The summed E-state index contributed by atoms with van der Waals surface area (Å²) in [6.07, 6.45) is 4.03. The summed E-state index contributed by atoms with van der Waals surface area (Å²) in [5, 5.41) is 0.349. The first kappa shape index (κ1) is 20.0. The number of nitrogens with one attached hydrogen (secondary N) is 1. The van der Waals surface area contributed by atoms with Crippen LogP contribution in [0, 0.1) is 0 Å². The SMILES string of the molecule is COc1ccc(C2(CNS(=O)(=O)c3cc(Cl)ccc3OC)CCCC2)cc1. The fourth-order valence-corrected chi connectivity index (χ4v) is 5.29. The molecule has 7 heteroatoms. The lowest BCUT2D eigenvalue weighted by atomic mass is 9.79. The minimum absolute atomic E-state index is 0.0559. The zero-order valence-corrected chi connectivity index (χ0v) is 17.1. The third-order valence-electron chi connectivity index (χ3n) is 5.28. The van der Waals surface area contributed by atoms with Gasteiger partial charge < -0.3 is 9.47 Å². The third kappa shape index (κ3) is 4.23. The molecule has 0 aromatic heterocycles. The number of benzene rings is 2. The number of hydrogen-bond donors (Lipinski definition) is 1. The van der Waals surface area contributed by atoms with Crippen LogP contribution in [0.5, 0.6) is 11.5 Å². The summed E-state index contributed by atoms with van der Waals surface area (Å²) < 4.78 is 39.1. The Kier molecular flexibility index (Phi) is 5.99. The van der Waals surface area contributed by atoms with E-state index in [9.17, 15) is 8.42 Å². The van der Waals surface area contributed by atoms with Crippen LogP contribution in [0.15, 0.2) is 47.4 Å². The summed E-state index contributed by atoms with van der Waals surface area (Å²) in [7, 11) is -0.682. The summed E-state index contributed by atoms with van der Waals surface area (Å²) >= 11 is 6.00. The van der Waals surface area contributed by atoms with Crippen molar-refractivity contribution >= 4 is 21.6 Å². The molecule has 2 aromatic rings. The molecular weight excluding hydrogens is 386 g/mol. The van der Waals surface area contributed by atoms with Crippen LogP contribution in [-0.4, -0.2) is 29.2 Å². The van der Waals surface area contributed by atoms with E-state index in [-0.39, 0.29) is 16.1 Å². The minimum Gasteiger partial charge on any atom is -0.497 e. The van der Waals surface area contributed by atoms with Gasteiger partial charge in [0.25, 0.3) is 0 Å². The Bertz CT molecular complexity index is 891. The molecule has 0 atom stereocenters. The number of methoxy groups -OCH3 is 2. The van der Waals surface area contributed by atoms with E-state index < -0.39 is 10.0 Å². The molecule has 3 rings (SSSR count). The normalized spacial score (nSPS) is 16.3. The summed E-state index contributed by atoms with van der Waals surface area (Å²) in [5.41, 5.74) is 0.909. The first-order valence-electron chi connectivity index (χ1n) is 8.88. The second kappa shape index (κ2) is 8.09. The van der Waals surface area contributed by atoms with Gasteiger partial charge >= 0.3 is 0 Å². The number of rotatable bonds is 7. The molecule has 1 aliphatic rings. The van der Waals surface area contributed by atoms with Crippen LogP contribution in [-0.2, 0) is 15.4 Å². The lowest BCUT2D eigenvalue weighted by Gasteiger charge is -2.30. The zero-order chi connectivity index (χ0) is 19.5. The molecule has 5 nitrogen and oxygen atoms in total. The van der Waals surface area contributed by atoms with Gasteiger partial charge in [0.15, 0.2) is 0 Å². The highest BCUT2D eigenvalue weighted by Crippen LogP contribution is 2.41.